The first-order chi connectivity index (χ1) is 11.7. The molecule has 124 valence electrons. The van der Waals surface area contributed by atoms with Crippen LogP contribution in [-0.2, 0) is 4.79 Å². The molecule has 0 aliphatic carbocycles. The minimum absolute atomic E-state index is 0.0717. The summed E-state index contributed by atoms with van der Waals surface area (Å²) in [5.41, 5.74) is 0.917. The summed E-state index contributed by atoms with van der Waals surface area (Å²) in [6.07, 6.45) is 3.48. The van der Waals surface area contributed by atoms with Gasteiger partial charge in [-0.2, -0.15) is 4.98 Å². The highest BCUT2D eigenvalue weighted by molar-refractivity contribution is 7.98. The summed E-state index contributed by atoms with van der Waals surface area (Å²) in [6, 6.07) is 5.16. The van der Waals surface area contributed by atoms with Crippen molar-refractivity contribution in [2.45, 2.75) is 11.2 Å². The van der Waals surface area contributed by atoms with Gasteiger partial charge >= 0.3 is 5.97 Å². The number of thioether (sulfide) groups is 1. The van der Waals surface area contributed by atoms with Crippen LogP contribution >= 0.6 is 11.8 Å². The molecule has 1 aromatic heterocycles. The highest BCUT2D eigenvalue weighted by atomic mass is 32.2. The molecule has 1 aromatic carbocycles. The van der Waals surface area contributed by atoms with Crippen molar-refractivity contribution in [3.05, 3.63) is 35.5 Å². The molecule has 8 nitrogen and oxygen atoms in total. The Morgan fingerprint density at radius 1 is 1.38 bits per heavy atom. The van der Waals surface area contributed by atoms with E-state index in [1.165, 1.54) is 11.8 Å². The molecule has 4 rings (SSSR count). The van der Waals surface area contributed by atoms with E-state index in [-0.39, 0.29) is 5.70 Å². The van der Waals surface area contributed by atoms with Gasteiger partial charge in [-0.15, -0.1) is 5.10 Å². The normalized spacial score (nSPS) is 18.4. The molecule has 24 heavy (non-hydrogen) atoms. The molecule has 2 N–H and O–H groups in total. The summed E-state index contributed by atoms with van der Waals surface area (Å²) in [5.74, 6) is 0.691. The average Bonchev–Trinajstić information content (AvgIpc) is 3.03. The minimum Gasteiger partial charge on any atom is -0.486 e. The van der Waals surface area contributed by atoms with Crippen molar-refractivity contribution in [2.75, 3.05) is 24.8 Å². The Bertz CT molecular complexity index is 848. The maximum Gasteiger partial charge on any atom is 0.352 e. The highest BCUT2D eigenvalue weighted by Crippen LogP contribution is 2.36. The van der Waals surface area contributed by atoms with Crippen molar-refractivity contribution in [3.63, 3.8) is 0 Å². The van der Waals surface area contributed by atoms with Gasteiger partial charge in [-0.05, 0) is 30.0 Å². The molecule has 2 aliphatic heterocycles. The van der Waals surface area contributed by atoms with Crippen LogP contribution in [0, 0.1) is 0 Å². The molecular weight excluding hydrogens is 332 g/mol. The molecule has 0 unspecified atom stereocenters. The van der Waals surface area contributed by atoms with E-state index in [2.05, 4.69) is 15.4 Å². The minimum atomic E-state index is -1.04. The van der Waals surface area contributed by atoms with E-state index in [0.717, 1.165) is 5.56 Å². The number of allylic oxidation sites excluding steroid dienone is 1. The topological polar surface area (TPSA) is 98.5 Å². The fourth-order valence-electron chi connectivity index (χ4n) is 2.67. The van der Waals surface area contributed by atoms with Crippen LogP contribution in [0.5, 0.6) is 11.5 Å². The van der Waals surface area contributed by atoms with Gasteiger partial charge in [0.25, 0.3) is 0 Å². The number of carbonyl (C=O) groups is 1. The van der Waals surface area contributed by atoms with E-state index in [0.29, 0.717) is 35.8 Å². The molecule has 3 heterocycles. The fourth-order valence-corrected chi connectivity index (χ4v) is 3.01. The number of nitrogens with zero attached hydrogens (tertiary/aromatic N) is 3. The van der Waals surface area contributed by atoms with Gasteiger partial charge in [0.1, 0.15) is 25.0 Å². The third kappa shape index (κ3) is 2.46. The van der Waals surface area contributed by atoms with Crippen LogP contribution in [-0.4, -0.2) is 45.3 Å². The number of hydrogen-bond acceptors (Lipinski definition) is 7. The molecular formula is C15H14N4O4S. The Kier molecular flexibility index (Phi) is 3.57. The smallest absolute Gasteiger partial charge is 0.352 e. The number of hydrogen-bond donors (Lipinski definition) is 2. The van der Waals surface area contributed by atoms with Crippen LogP contribution in [0.2, 0.25) is 0 Å². The van der Waals surface area contributed by atoms with Crippen LogP contribution in [0.1, 0.15) is 11.6 Å². The molecule has 0 bridgehead atoms. The average molecular weight is 346 g/mol. The Balaban J connectivity index is 1.80. The van der Waals surface area contributed by atoms with Gasteiger partial charge in [-0.25, -0.2) is 9.48 Å². The number of carboxylic acids is 1. The molecule has 0 radical (unpaired) electrons. The number of aliphatic carboxylic acids is 1. The van der Waals surface area contributed by atoms with Crippen LogP contribution < -0.4 is 14.8 Å². The van der Waals surface area contributed by atoms with Gasteiger partial charge in [-0.1, -0.05) is 17.8 Å². The first-order valence-corrected chi connectivity index (χ1v) is 8.50. The first-order valence-electron chi connectivity index (χ1n) is 7.28. The monoisotopic (exact) mass is 346 g/mol. The van der Waals surface area contributed by atoms with Crippen LogP contribution in [0.3, 0.4) is 0 Å². The Labute approximate surface area is 141 Å². The lowest BCUT2D eigenvalue weighted by Crippen LogP contribution is -2.24. The molecule has 0 amide bonds. The number of ether oxygens (including phenoxy) is 2. The Hall–Kier alpha value is -2.68. The Morgan fingerprint density at radius 3 is 2.92 bits per heavy atom. The maximum atomic E-state index is 11.4. The number of carboxylic acid groups (broad SMARTS) is 1. The second-order valence-electron chi connectivity index (χ2n) is 5.23. The number of aromatic nitrogens is 3. The molecule has 2 aromatic rings. The predicted molar refractivity (Wildman–Crippen MR) is 86.7 cm³/mol. The lowest BCUT2D eigenvalue weighted by molar-refractivity contribution is -0.132. The number of fused-ring (bicyclic) bond motifs is 2. The number of anilines is 1. The van der Waals surface area contributed by atoms with Crippen molar-refractivity contribution in [3.8, 4) is 11.5 Å². The van der Waals surface area contributed by atoms with Crippen molar-refractivity contribution in [1.29, 1.82) is 0 Å². The molecule has 2 aliphatic rings. The number of rotatable bonds is 3. The standard InChI is InChI=1S/C15H14N4O4S/c1-24-15-17-14-16-9(13(20)21)7-10(19(14)18-15)8-2-3-11-12(6-8)23-5-4-22-11/h2-3,6-7,10H,4-5H2,1H3,(H,20,21)(H,16,17,18)/t10-/m1/s1. The van der Waals surface area contributed by atoms with Gasteiger partial charge in [0.2, 0.25) is 11.1 Å². The second-order valence-corrected chi connectivity index (χ2v) is 6.00. The van der Waals surface area contributed by atoms with Crippen LogP contribution in [0.25, 0.3) is 0 Å². The van der Waals surface area contributed by atoms with Crippen molar-refractivity contribution in [1.82, 2.24) is 14.8 Å². The molecule has 0 spiro atoms. The van der Waals surface area contributed by atoms with Gasteiger partial charge in [0, 0.05) is 0 Å². The van der Waals surface area contributed by atoms with Crippen LogP contribution in [0.4, 0.5) is 5.95 Å². The summed E-state index contributed by atoms with van der Waals surface area (Å²) < 4.78 is 12.8. The van der Waals surface area contributed by atoms with E-state index in [1.807, 2.05) is 24.5 Å². The van der Waals surface area contributed by atoms with Crippen molar-refractivity contribution < 1.29 is 19.4 Å². The molecule has 0 saturated heterocycles. The third-order valence-electron chi connectivity index (χ3n) is 3.77. The highest BCUT2D eigenvalue weighted by Gasteiger charge is 2.28. The number of benzene rings is 1. The Morgan fingerprint density at radius 2 is 2.17 bits per heavy atom. The van der Waals surface area contributed by atoms with Gasteiger partial charge in [0.15, 0.2) is 11.5 Å². The summed E-state index contributed by atoms with van der Waals surface area (Å²) in [4.78, 5) is 15.7. The largest absolute Gasteiger partial charge is 0.486 e. The molecule has 1 atom stereocenters. The van der Waals surface area contributed by atoms with E-state index in [9.17, 15) is 9.90 Å². The molecule has 0 fully saturated rings. The predicted octanol–water partition coefficient (Wildman–Crippen LogP) is 1.75. The van der Waals surface area contributed by atoms with Gasteiger partial charge in [0.05, 0.1) is 0 Å². The van der Waals surface area contributed by atoms with Gasteiger partial charge in [-0.3, -0.25) is 0 Å². The van der Waals surface area contributed by atoms with E-state index in [1.54, 1.807) is 10.8 Å². The summed E-state index contributed by atoms with van der Waals surface area (Å²) in [6.45, 7) is 1.01. The van der Waals surface area contributed by atoms with Crippen LogP contribution in [0.15, 0.2) is 35.1 Å². The lowest BCUT2D eigenvalue weighted by atomic mass is 10.0. The van der Waals surface area contributed by atoms with E-state index >= 15 is 0 Å². The third-order valence-corrected chi connectivity index (χ3v) is 4.31. The zero-order chi connectivity index (χ0) is 16.7. The van der Waals surface area contributed by atoms with Crippen molar-refractivity contribution in [2.24, 2.45) is 0 Å². The lowest BCUT2D eigenvalue weighted by Gasteiger charge is -2.24. The molecule has 0 saturated carbocycles. The maximum absolute atomic E-state index is 11.4. The summed E-state index contributed by atoms with van der Waals surface area (Å²) in [7, 11) is 0. The van der Waals surface area contributed by atoms with Crippen molar-refractivity contribution >= 4 is 23.7 Å². The quantitative estimate of drug-likeness (QED) is 0.811. The molecule has 9 heteroatoms. The van der Waals surface area contributed by atoms with E-state index in [4.69, 9.17) is 9.47 Å². The zero-order valence-corrected chi connectivity index (χ0v) is 13.5. The second kappa shape index (κ2) is 5.75. The SMILES string of the molecule is CSc1nc2n(n1)[C@@H](c1ccc3c(c1)OCCO3)C=C(C(=O)O)N2. The fraction of sp³-hybridized carbons (Fsp3) is 0.267. The van der Waals surface area contributed by atoms with Gasteiger partial charge < -0.3 is 19.9 Å². The van der Waals surface area contributed by atoms with E-state index < -0.39 is 12.0 Å². The first kappa shape index (κ1) is 14.9. The summed E-state index contributed by atoms with van der Waals surface area (Å²) >= 11 is 1.39. The summed E-state index contributed by atoms with van der Waals surface area (Å²) in [5, 5.41) is 17.1. The number of nitrogens with one attached hydrogen (secondary N) is 1. The zero-order valence-electron chi connectivity index (χ0n) is 12.7.